The molecule has 0 radical (unpaired) electrons. The van der Waals surface area contributed by atoms with Gasteiger partial charge in [-0.1, -0.05) is 75.5 Å². The summed E-state index contributed by atoms with van der Waals surface area (Å²) in [6.45, 7) is -0.401. The number of β-amino-alcohol motifs (C(OH)–C–C–N with tert-alkyl or cyclic N) is 1. The van der Waals surface area contributed by atoms with Crippen LogP contribution in [0.5, 0.6) is 0 Å². The van der Waals surface area contributed by atoms with Crippen LogP contribution in [0.25, 0.3) is 0 Å². The van der Waals surface area contributed by atoms with Crippen molar-refractivity contribution in [2.45, 2.75) is 185 Å². The minimum absolute atomic E-state index is 0. The molecule has 0 aliphatic carbocycles. The Kier molecular flexibility index (Phi) is 44.5. The zero-order valence-electron chi connectivity index (χ0n) is 58.5. The lowest BCUT2D eigenvalue weighted by Gasteiger charge is -2.26. The molecule has 4 rings (SSSR count). The number of ether oxygens (including phenoxy) is 2. The Morgan fingerprint density at radius 1 is 0.486 bits per heavy atom. The number of aliphatic hydroxyl groups excluding tert-OH is 1. The summed E-state index contributed by atoms with van der Waals surface area (Å²) in [5.74, 6) is -13.3. The molecule has 39 nitrogen and oxygen atoms in total. The number of carboxylic acids is 2. The first-order chi connectivity index (χ1) is 50.2. The molecule has 0 saturated carbocycles. The van der Waals surface area contributed by atoms with E-state index in [9.17, 15) is 82.4 Å². The van der Waals surface area contributed by atoms with Gasteiger partial charge in [0.1, 0.15) is 54.6 Å². The van der Waals surface area contributed by atoms with Gasteiger partial charge in [0.2, 0.25) is 70.9 Å². The van der Waals surface area contributed by atoms with Gasteiger partial charge >= 0.3 is 11.9 Å². The van der Waals surface area contributed by atoms with Crippen molar-refractivity contribution in [1.82, 2.24) is 69.1 Å². The first-order valence-corrected chi connectivity index (χ1v) is 34.6. The lowest BCUT2D eigenvalue weighted by molar-refractivity contribution is -0.141. The first kappa shape index (κ1) is 92.4. The van der Waals surface area contributed by atoms with E-state index in [1.165, 1.54) is 0 Å². The molecular formula is C68H110N20O19. The predicted octanol–water partition coefficient (Wildman–Crippen LogP) is -6.05. The van der Waals surface area contributed by atoms with E-state index in [0.29, 0.717) is 24.3 Å². The van der Waals surface area contributed by atoms with Crippen LogP contribution in [-0.4, -0.2) is 243 Å². The van der Waals surface area contributed by atoms with Crippen LogP contribution in [0.2, 0.25) is 0 Å². The maximum atomic E-state index is 14.3. The number of unbranched alkanes of at least 4 members (excludes halogenated alkanes) is 2. The van der Waals surface area contributed by atoms with Crippen molar-refractivity contribution in [3.8, 4) is 0 Å². The second kappa shape index (κ2) is 51.5. The summed E-state index contributed by atoms with van der Waals surface area (Å²) < 4.78 is 10.8. The highest BCUT2D eigenvalue weighted by molar-refractivity contribution is 5.99. The monoisotopic (exact) mass is 1510 g/mol. The number of aliphatic hydroxyl groups is 1. The first-order valence-electron chi connectivity index (χ1n) is 34.6. The van der Waals surface area contributed by atoms with Gasteiger partial charge in [-0.3, -0.25) is 82.4 Å². The molecular weight excluding hydrogens is 1400 g/mol. The number of amides is 12. The number of hydrogen-bond donors (Lipinski definition) is 21. The number of nitrogens with two attached hydrogens (primary N) is 5. The quantitative estimate of drug-likeness (QED) is 0.0168. The standard InChI is InChI=1S/C66H102N20O19.2CH4/c67-24-30-105-32-31-104-29-23-51(88)78-45(56(95)73-26-10-8-18-44-60(99)82-42(20-12-28-75-66(70)71)58(97)77-38-53(90)80-49(36-55(93)94)64(103)86-47(62(101)84-44)34-40-15-5-2-6-16-40)21-22-50(87)72-25-9-7-17-43-59(98)81-41(19-11-27-74-65(68)69)57(96)76-37-52(89)79-48(35-54(91)92)63(102)85-46(61(100)83-43)33-39-13-3-1-4-14-39;;/h1-6,13-16,41-49,52,79,89H,7-12,17-38,67H2,(H,72,87)(H,73,95)(H,76,96)(H,77,97)(H,78,88)(H,80,90)(H,81,98)(H,82,99)(H,83,100)(H,84,101)(H,85,102)(H,86,103)(H,91,92)(H,93,94)(H4,68,69,74)(H4,70,71,75);2*1H4/t41-,42-,43-,44-,45-,46+,47+,48-,49-,52+;;/m0../s1. The van der Waals surface area contributed by atoms with Gasteiger partial charge in [0.05, 0.1) is 58.4 Å². The SMILES string of the molecule is C.C.NCCOCCOCCC(=O)N[C@@H](CCC(=O)NCCCC[C@@H]1NC(=O)[C@@H](Cc2ccccc2)NC(=O)[C@H](CC(=O)O)N[C@H](O)CNC(=O)[C@H](CCCN=C(N)N)NC1=O)C(=O)NCCCC[C@@H]1NC(=O)[C@@H](Cc2ccccc2)NC(=O)[C@H](CC(=O)O)NC(=O)CNC(=O)[C@H](CCCN=C(N)N)NC1=O. The number of benzene rings is 2. The van der Waals surface area contributed by atoms with Crippen molar-refractivity contribution in [2.75, 3.05) is 72.2 Å². The highest BCUT2D eigenvalue weighted by Gasteiger charge is 2.36. The highest BCUT2D eigenvalue weighted by Crippen LogP contribution is 2.13. The molecule has 12 amide bonds. The van der Waals surface area contributed by atoms with Crippen LogP contribution in [-0.2, 0) is 89.4 Å². The number of guanidine groups is 2. The molecule has 596 valence electrons. The van der Waals surface area contributed by atoms with E-state index >= 15 is 0 Å². The Labute approximate surface area is 620 Å². The normalized spacial score (nSPS) is 20.8. The molecule has 2 saturated heterocycles. The molecule has 39 heteroatoms. The number of nitrogens with one attached hydrogen (secondary N) is 13. The smallest absolute Gasteiger partial charge is 0.305 e. The molecule has 2 aromatic rings. The minimum atomic E-state index is -1.71. The summed E-state index contributed by atoms with van der Waals surface area (Å²) in [4.78, 5) is 197. The molecule has 107 heavy (non-hydrogen) atoms. The van der Waals surface area contributed by atoms with Gasteiger partial charge in [0.25, 0.3) is 0 Å². The molecule has 10 atom stereocenters. The molecule has 2 heterocycles. The van der Waals surface area contributed by atoms with Crippen LogP contribution in [0, 0.1) is 0 Å². The van der Waals surface area contributed by atoms with Gasteiger partial charge in [-0.05, 0) is 81.8 Å². The largest absolute Gasteiger partial charge is 0.481 e. The molecule has 2 aliphatic rings. The topological polar surface area (TPSA) is 629 Å². The maximum absolute atomic E-state index is 14.3. The number of rotatable bonds is 39. The average Bonchev–Trinajstić information content (AvgIpc) is 1.24. The summed E-state index contributed by atoms with van der Waals surface area (Å²) in [7, 11) is 0. The van der Waals surface area contributed by atoms with Crippen LogP contribution >= 0.6 is 0 Å². The van der Waals surface area contributed by atoms with Crippen molar-refractivity contribution in [2.24, 2.45) is 38.7 Å². The van der Waals surface area contributed by atoms with E-state index in [-0.39, 0.29) is 169 Å². The lowest BCUT2D eigenvalue weighted by atomic mass is 10.0. The fourth-order valence-electron chi connectivity index (χ4n) is 10.7. The van der Waals surface area contributed by atoms with Gasteiger partial charge in [0, 0.05) is 58.4 Å². The molecule has 0 aromatic heterocycles. The molecule has 2 aromatic carbocycles. The minimum Gasteiger partial charge on any atom is -0.481 e. The number of aliphatic imine (C=N–C) groups is 2. The fraction of sp³-hybridized carbons (Fsp3) is 0.588. The highest BCUT2D eigenvalue weighted by atomic mass is 16.5. The molecule has 0 unspecified atom stereocenters. The Morgan fingerprint density at radius 2 is 0.907 bits per heavy atom. The average molecular weight is 1510 g/mol. The van der Waals surface area contributed by atoms with Crippen LogP contribution in [0.1, 0.15) is 122 Å². The lowest BCUT2D eigenvalue weighted by Crippen LogP contribution is -2.58. The van der Waals surface area contributed by atoms with Gasteiger partial charge in [0.15, 0.2) is 11.9 Å². The van der Waals surface area contributed by atoms with Crippen molar-refractivity contribution >= 4 is 94.7 Å². The maximum Gasteiger partial charge on any atom is 0.305 e. The van der Waals surface area contributed by atoms with Gasteiger partial charge in [-0.25, -0.2) is 0 Å². The van der Waals surface area contributed by atoms with Crippen molar-refractivity contribution in [3.05, 3.63) is 71.8 Å². The number of carbonyl (C=O) groups excluding carboxylic acids is 12. The van der Waals surface area contributed by atoms with E-state index in [4.69, 9.17) is 38.1 Å². The van der Waals surface area contributed by atoms with Gasteiger partial charge < -0.3 is 117 Å². The third kappa shape index (κ3) is 38.3. The number of nitrogens with zero attached hydrogens (tertiary/aromatic N) is 2. The molecule has 2 aliphatic heterocycles. The third-order valence-electron chi connectivity index (χ3n) is 16.1. The Morgan fingerprint density at radius 3 is 1.39 bits per heavy atom. The number of carbonyl (C=O) groups is 14. The van der Waals surface area contributed by atoms with Crippen molar-refractivity contribution < 1.29 is 91.9 Å². The summed E-state index contributed by atoms with van der Waals surface area (Å²) in [5, 5.41) is 63.6. The van der Waals surface area contributed by atoms with E-state index in [2.05, 4.69) is 79.1 Å². The Balaban J connectivity index is 0.0000194. The van der Waals surface area contributed by atoms with E-state index in [1.54, 1.807) is 60.7 Å². The zero-order valence-corrected chi connectivity index (χ0v) is 58.5. The van der Waals surface area contributed by atoms with Crippen LogP contribution in [0.4, 0.5) is 0 Å². The fourth-order valence-corrected chi connectivity index (χ4v) is 10.7. The number of aliphatic carboxylic acids is 2. The van der Waals surface area contributed by atoms with Crippen molar-refractivity contribution in [3.63, 3.8) is 0 Å². The van der Waals surface area contributed by atoms with Crippen LogP contribution < -0.4 is 97.8 Å². The van der Waals surface area contributed by atoms with Crippen LogP contribution in [0.3, 0.4) is 0 Å². The molecule has 26 N–H and O–H groups in total. The number of hydrogen-bond acceptors (Lipinski definition) is 21. The van der Waals surface area contributed by atoms with Gasteiger partial charge in [-0.15, -0.1) is 0 Å². The second-order valence-electron chi connectivity index (χ2n) is 24.7. The second-order valence-corrected chi connectivity index (χ2v) is 24.7. The van der Waals surface area contributed by atoms with E-state index in [0.717, 1.165) is 0 Å². The summed E-state index contributed by atoms with van der Waals surface area (Å²) >= 11 is 0. The molecule has 0 spiro atoms. The van der Waals surface area contributed by atoms with Crippen molar-refractivity contribution in [1.29, 1.82) is 0 Å². The number of carboxylic acid groups (broad SMARTS) is 2. The third-order valence-corrected chi connectivity index (χ3v) is 16.1. The zero-order chi connectivity index (χ0) is 77.1. The summed E-state index contributed by atoms with van der Waals surface area (Å²) in [6, 6.07) is 3.97. The van der Waals surface area contributed by atoms with Crippen LogP contribution in [0.15, 0.2) is 70.6 Å². The Hall–Kier alpha value is -10.6. The predicted molar refractivity (Wildman–Crippen MR) is 391 cm³/mol. The van der Waals surface area contributed by atoms with E-state index in [1.807, 2.05) is 0 Å². The van der Waals surface area contributed by atoms with Gasteiger partial charge in [-0.2, -0.15) is 0 Å². The summed E-state index contributed by atoms with van der Waals surface area (Å²) in [5.41, 5.74) is 28.5. The molecule has 0 bridgehead atoms. The van der Waals surface area contributed by atoms with E-state index < -0.39 is 169 Å². The Bertz CT molecular complexity index is 3260. The molecule has 2 fully saturated rings. The summed E-state index contributed by atoms with van der Waals surface area (Å²) in [6.07, 6.45) is -3.87.